The zero-order valence-corrected chi connectivity index (χ0v) is 14.1. The number of allylic oxidation sites excluding steroid dienone is 1. The van der Waals surface area contributed by atoms with Crippen LogP contribution < -0.4 is 5.32 Å². The number of nitrogens with one attached hydrogen (secondary N) is 1. The van der Waals surface area contributed by atoms with E-state index in [1.54, 1.807) is 0 Å². The van der Waals surface area contributed by atoms with E-state index in [1.807, 2.05) is 6.21 Å². The van der Waals surface area contributed by atoms with Crippen LogP contribution in [0, 0.1) is 5.92 Å². The highest BCUT2D eigenvalue weighted by atomic mass is 15.3. The van der Waals surface area contributed by atoms with E-state index < -0.39 is 0 Å². The van der Waals surface area contributed by atoms with Gasteiger partial charge in [0.25, 0.3) is 0 Å². The molecule has 0 bridgehead atoms. The maximum atomic E-state index is 4.78. The molecular weight excluding hydrogens is 258 g/mol. The van der Waals surface area contributed by atoms with Crippen LogP contribution in [0.5, 0.6) is 0 Å². The van der Waals surface area contributed by atoms with Crippen molar-refractivity contribution in [2.75, 3.05) is 19.6 Å². The second kappa shape index (κ2) is 8.09. The minimum Gasteiger partial charge on any atom is -0.315 e. The van der Waals surface area contributed by atoms with Gasteiger partial charge in [-0.25, -0.2) is 0 Å². The first kappa shape index (κ1) is 16.7. The number of likely N-dealkylation sites (tertiary alicyclic amines) is 1. The monoisotopic (exact) mass is 291 g/mol. The van der Waals surface area contributed by atoms with Gasteiger partial charge in [-0.2, -0.15) is 0 Å². The van der Waals surface area contributed by atoms with Crippen LogP contribution in [-0.2, 0) is 0 Å². The van der Waals surface area contributed by atoms with Crippen molar-refractivity contribution >= 4 is 6.21 Å². The molecule has 3 nitrogen and oxygen atoms in total. The highest BCUT2D eigenvalue weighted by Crippen LogP contribution is 2.33. The zero-order valence-electron chi connectivity index (χ0n) is 14.1. The fraction of sp³-hybridized carbons (Fsp3) is 0.833. The molecular formula is C18H33N3. The number of aliphatic imine (C=N–C) groups is 1. The summed E-state index contributed by atoms with van der Waals surface area (Å²) in [6.07, 6.45) is 14.2. The van der Waals surface area contributed by atoms with E-state index in [9.17, 15) is 0 Å². The number of hydrogen-bond acceptors (Lipinski definition) is 3. The third kappa shape index (κ3) is 4.65. The first-order valence-corrected chi connectivity index (χ1v) is 8.88. The molecule has 0 aliphatic carbocycles. The van der Waals surface area contributed by atoms with Gasteiger partial charge in [0.15, 0.2) is 0 Å². The third-order valence-electron chi connectivity index (χ3n) is 4.87. The molecule has 1 unspecified atom stereocenters. The van der Waals surface area contributed by atoms with Crippen LogP contribution in [0.15, 0.2) is 17.1 Å². The van der Waals surface area contributed by atoms with Crippen LogP contribution >= 0.6 is 0 Å². The first-order chi connectivity index (χ1) is 10.2. The number of rotatable bonds is 8. The molecule has 0 aromatic heterocycles. The SMILES string of the molecule is CCCC1(N2CCC(CCCNC(C)C)CC2)C=CC=N1. The molecule has 2 rings (SSSR count). The van der Waals surface area contributed by atoms with Crippen LogP contribution in [0.1, 0.15) is 59.3 Å². The average molecular weight is 291 g/mol. The predicted molar refractivity (Wildman–Crippen MR) is 91.9 cm³/mol. The fourth-order valence-electron chi connectivity index (χ4n) is 3.66. The maximum absolute atomic E-state index is 4.78. The molecule has 2 aliphatic rings. The van der Waals surface area contributed by atoms with Crippen LogP contribution in [0.4, 0.5) is 0 Å². The number of hydrogen-bond donors (Lipinski definition) is 1. The quantitative estimate of drug-likeness (QED) is 0.692. The van der Waals surface area contributed by atoms with Gasteiger partial charge in [-0.15, -0.1) is 0 Å². The molecule has 3 heteroatoms. The molecule has 0 aromatic carbocycles. The van der Waals surface area contributed by atoms with Crippen molar-refractivity contribution in [2.24, 2.45) is 10.9 Å². The standard InChI is InChI=1S/C18H33N3/c1-4-10-18(11-6-13-20-18)21-14-8-17(9-15-21)7-5-12-19-16(2)3/h6,11,13,16-17,19H,4-5,7-10,12,14-15H2,1-3H3. The Kier molecular flexibility index (Phi) is 6.43. The van der Waals surface area contributed by atoms with Crippen molar-refractivity contribution in [3.63, 3.8) is 0 Å². The van der Waals surface area contributed by atoms with Crippen molar-refractivity contribution in [1.82, 2.24) is 10.2 Å². The molecule has 0 spiro atoms. The van der Waals surface area contributed by atoms with Crippen molar-refractivity contribution in [1.29, 1.82) is 0 Å². The summed E-state index contributed by atoms with van der Waals surface area (Å²) in [7, 11) is 0. The molecule has 2 aliphatic heterocycles. The molecule has 0 amide bonds. The Morgan fingerprint density at radius 1 is 1.33 bits per heavy atom. The maximum Gasteiger partial charge on any atom is 0.132 e. The van der Waals surface area contributed by atoms with Gasteiger partial charge in [0.1, 0.15) is 5.66 Å². The topological polar surface area (TPSA) is 27.6 Å². The van der Waals surface area contributed by atoms with E-state index in [0.29, 0.717) is 6.04 Å². The number of nitrogens with zero attached hydrogens (tertiary/aromatic N) is 2. The molecule has 1 atom stereocenters. The summed E-state index contributed by atoms with van der Waals surface area (Å²) in [6.45, 7) is 10.3. The van der Waals surface area contributed by atoms with Gasteiger partial charge in [0.05, 0.1) is 0 Å². The Labute approximate surface area is 130 Å². The van der Waals surface area contributed by atoms with E-state index in [4.69, 9.17) is 4.99 Å². The summed E-state index contributed by atoms with van der Waals surface area (Å²) >= 11 is 0. The molecule has 1 fully saturated rings. The van der Waals surface area contributed by atoms with Gasteiger partial charge in [-0.1, -0.05) is 27.2 Å². The second-order valence-electron chi connectivity index (χ2n) is 6.95. The summed E-state index contributed by atoms with van der Waals surface area (Å²) in [6, 6.07) is 0.618. The third-order valence-corrected chi connectivity index (χ3v) is 4.87. The van der Waals surface area contributed by atoms with Gasteiger partial charge < -0.3 is 5.32 Å². The molecule has 0 aromatic rings. The normalized spacial score (nSPS) is 27.0. The van der Waals surface area contributed by atoms with Gasteiger partial charge in [0, 0.05) is 25.3 Å². The minimum absolute atomic E-state index is 0.00107. The summed E-state index contributed by atoms with van der Waals surface area (Å²) in [5.41, 5.74) is -0.00107. The molecule has 1 N–H and O–H groups in total. The Bertz CT molecular complexity index is 339. The lowest BCUT2D eigenvalue weighted by Gasteiger charge is -2.42. The summed E-state index contributed by atoms with van der Waals surface area (Å²) < 4.78 is 0. The van der Waals surface area contributed by atoms with Gasteiger partial charge >= 0.3 is 0 Å². The van der Waals surface area contributed by atoms with E-state index in [2.05, 4.69) is 43.1 Å². The summed E-state index contributed by atoms with van der Waals surface area (Å²) in [4.78, 5) is 7.39. The van der Waals surface area contributed by atoms with Crippen molar-refractivity contribution in [3.05, 3.63) is 12.2 Å². The van der Waals surface area contributed by atoms with Crippen LogP contribution in [0.3, 0.4) is 0 Å². The first-order valence-electron chi connectivity index (χ1n) is 8.88. The zero-order chi connectivity index (χ0) is 15.1. The Hall–Kier alpha value is -0.670. The Morgan fingerprint density at radius 3 is 2.67 bits per heavy atom. The van der Waals surface area contributed by atoms with Gasteiger partial charge in [0.2, 0.25) is 0 Å². The minimum atomic E-state index is -0.00107. The molecule has 1 saturated heterocycles. The van der Waals surface area contributed by atoms with E-state index in [0.717, 1.165) is 12.3 Å². The largest absolute Gasteiger partial charge is 0.315 e. The summed E-state index contributed by atoms with van der Waals surface area (Å²) in [5, 5.41) is 3.52. The Morgan fingerprint density at radius 2 is 2.10 bits per heavy atom. The lowest BCUT2D eigenvalue weighted by atomic mass is 9.89. The fourth-order valence-corrected chi connectivity index (χ4v) is 3.66. The van der Waals surface area contributed by atoms with E-state index in [-0.39, 0.29) is 5.66 Å². The second-order valence-corrected chi connectivity index (χ2v) is 6.95. The van der Waals surface area contributed by atoms with E-state index in [1.165, 1.54) is 51.7 Å². The van der Waals surface area contributed by atoms with Crippen LogP contribution in [0.25, 0.3) is 0 Å². The molecule has 21 heavy (non-hydrogen) atoms. The summed E-state index contributed by atoms with van der Waals surface area (Å²) in [5.74, 6) is 0.920. The van der Waals surface area contributed by atoms with Crippen LogP contribution in [-0.4, -0.2) is 42.5 Å². The molecule has 120 valence electrons. The molecule has 2 heterocycles. The lowest BCUT2D eigenvalue weighted by molar-refractivity contribution is 0.0805. The highest BCUT2D eigenvalue weighted by molar-refractivity contribution is 5.75. The Balaban J connectivity index is 1.73. The molecule has 0 radical (unpaired) electrons. The van der Waals surface area contributed by atoms with Crippen molar-refractivity contribution in [3.8, 4) is 0 Å². The molecule has 0 saturated carbocycles. The predicted octanol–water partition coefficient (Wildman–Crippen LogP) is 3.61. The van der Waals surface area contributed by atoms with Gasteiger partial charge in [-0.3, -0.25) is 9.89 Å². The van der Waals surface area contributed by atoms with Crippen molar-refractivity contribution in [2.45, 2.75) is 71.0 Å². The average Bonchev–Trinajstić information content (AvgIpc) is 2.94. The van der Waals surface area contributed by atoms with E-state index >= 15 is 0 Å². The number of piperidine rings is 1. The van der Waals surface area contributed by atoms with Gasteiger partial charge in [-0.05, 0) is 56.7 Å². The lowest BCUT2D eigenvalue weighted by Crippen LogP contribution is -2.49. The van der Waals surface area contributed by atoms with Crippen LogP contribution in [0.2, 0.25) is 0 Å². The highest BCUT2D eigenvalue weighted by Gasteiger charge is 2.36. The smallest absolute Gasteiger partial charge is 0.132 e. The van der Waals surface area contributed by atoms with Crippen molar-refractivity contribution < 1.29 is 0 Å².